The van der Waals surface area contributed by atoms with E-state index in [1.54, 1.807) is 0 Å². The molecule has 0 saturated carbocycles. The molecule has 0 fully saturated rings. The zero-order chi connectivity index (χ0) is 14.2. The molecule has 0 bridgehead atoms. The van der Waals surface area contributed by atoms with Crippen molar-refractivity contribution in [2.24, 2.45) is 0 Å². The topological polar surface area (TPSA) is 0 Å². The Morgan fingerprint density at radius 3 is 2.20 bits per heavy atom. The van der Waals surface area contributed by atoms with Gasteiger partial charge in [0, 0.05) is 0 Å². The summed E-state index contributed by atoms with van der Waals surface area (Å²) in [5.41, 5.74) is 4.81. The van der Waals surface area contributed by atoms with Crippen molar-refractivity contribution in [1.29, 1.82) is 0 Å². The summed E-state index contributed by atoms with van der Waals surface area (Å²) in [6.07, 6.45) is 7.35. The minimum atomic E-state index is 0.949. The smallest absolute Gasteiger partial charge is 0.00915 e. The van der Waals surface area contributed by atoms with Crippen LogP contribution >= 0.6 is 0 Å². The fourth-order valence-electron chi connectivity index (χ4n) is 1.91. The van der Waals surface area contributed by atoms with E-state index in [9.17, 15) is 0 Å². The molecule has 0 spiro atoms. The van der Waals surface area contributed by atoms with Crippen LogP contribution in [0, 0.1) is 0 Å². The summed E-state index contributed by atoms with van der Waals surface area (Å²) < 4.78 is 0. The first-order valence-electron chi connectivity index (χ1n) is 6.89. The molecule has 2 rings (SSSR count). The van der Waals surface area contributed by atoms with Crippen molar-refractivity contribution in [3.63, 3.8) is 0 Å². The molecular formula is C20H20. The van der Waals surface area contributed by atoms with Gasteiger partial charge in [-0.1, -0.05) is 85.5 Å². The van der Waals surface area contributed by atoms with Crippen LogP contribution in [0.25, 0.3) is 6.08 Å². The molecule has 0 radical (unpaired) electrons. The van der Waals surface area contributed by atoms with E-state index in [1.165, 1.54) is 16.7 Å². The maximum atomic E-state index is 4.13. The van der Waals surface area contributed by atoms with Gasteiger partial charge < -0.3 is 0 Å². The van der Waals surface area contributed by atoms with E-state index in [0.29, 0.717) is 0 Å². The molecule has 0 N–H and O–H groups in total. The normalized spacial score (nSPS) is 11.8. The molecule has 100 valence electrons. The molecule has 0 heterocycles. The lowest BCUT2D eigenvalue weighted by molar-refractivity contribution is 1.23. The van der Waals surface area contributed by atoms with Gasteiger partial charge in [0.15, 0.2) is 0 Å². The summed E-state index contributed by atoms with van der Waals surface area (Å²) in [6, 6.07) is 20.8. The molecule has 0 aliphatic heterocycles. The average Bonchev–Trinajstić information content (AvgIpc) is 2.52. The molecule has 20 heavy (non-hydrogen) atoms. The first-order valence-corrected chi connectivity index (χ1v) is 6.89. The lowest BCUT2D eigenvalue weighted by Crippen LogP contribution is -1.84. The second kappa shape index (κ2) is 7.30. The van der Waals surface area contributed by atoms with Crippen LogP contribution in [0.5, 0.6) is 0 Å². The van der Waals surface area contributed by atoms with Crippen LogP contribution in [0.4, 0.5) is 0 Å². The first kappa shape index (κ1) is 14.1. The lowest BCUT2D eigenvalue weighted by atomic mass is 10.0. The van der Waals surface area contributed by atoms with Gasteiger partial charge in [-0.15, -0.1) is 0 Å². The largest absolute Gasteiger partial charge is 0.0915 e. The van der Waals surface area contributed by atoms with Gasteiger partial charge in [0.1, 0.15) is 0 Å². The maximum absolute atomic E-state index is 4.13. The van der Waals surface area contributed by atoms with Crippen molar-refractivity contribution in [1.82, 2.24) is 0 Å². The third kappa shape index (κ3) is 4.40. The molecule has 0 aromatic heterocycles. The van der Waals surface area contributed by atoms with Crippen LogP contribution in [-0.4, -0.2) is 0 Å². The fourth-order valence-corrected chi connectivity index (χ4v) is 1.91. The van der Waals surface area contributed by atoms with E-state index in [0.717, 1.165) is 12.0 Å². The summed E-state index contributed by atoms with van der Waals surface area (Å²) in [5.74, 6) is 0. The number of hydrogen-bond acceptors (Lipinski definition) is 0. The van der Waals surface area contributed by atoms with Crippen LogP contribution in [0.2, 0.25) is 0 Å². The molecule has 2 aromatic carbocycles. The predicted molar refractivity (Wildman–Crippen MR) is 88.5 cm³/mol. The molecular weight excluding hydrogens is 240 g/mol. The Morgan fingerprint density at radius 2 is 1.55 bits per heavy atom. The van der Waals surface area contributed by atoms with E-state index < -0.39 is 0 Å². The highest BCUT2D eigenvalue weighted by Gasteiger charge is 1.94. The Balaban J connectivity index is 1.97. The summed E-state index contributed by atoms with van der Waals surface area (Å²) in [7, 11) is 0. The van der Waals surface area contributed by atoms with E-state index in [1.807, 2.05) is 24.3 Å². The molecule has 0 aliphatic carbocycles. The van der Waals surface area contributed by atoms with Crippen molar-refractivity contribution in [3.05, 3.63) is 102 Å². The van der Waals surface area contributed by atoms with E-state index in [4.69, 9.17) is 0 Å². The van der Waals surface area contributed by atoms with Gasteiger partial charge in [-0.2, -0.15) is 0 Å². The molecule has 0 aliphatic rings. The third-order valence-electron chi connectivity index (χ3n) is 3.27. The van der Waals surface area contributed by atoms with Gasteiger partial charge in [-0.05, 0) is 35.6 Å². The highest BCUT2D eigenvalue weighted by Crippen LogP contribution is 2.13. The Bertz CT molecular complexity index is 601. The molecule has 0 atom stereocenters. The van der Waals surface area contributed by atoms with E-state index >= 15 is 0 Å². The van der Waals surface area contributed by atoms with Gasteiger partial charge >= 0.3 is 0 Å². The first-order chi connectivity index (χ1) is 9.75. The summed E-state index contributed by atoms with van der Waals surface area (Å²) in [6.45, 7) is 6.24. The van der Waals surface area contributed by atoms with E-state index in [2.05, 4.69) is 68.1 Å². The molecule has 0 nitrogen and oxygen atoms in total. The Morgan fingerprint density at radius 1 is 0.950 bits per heavy atom. The highest BCUT2D eigenvalue weighted by atomic mass is 14.0. The Kier molecular flexibility index (Phi) is 5.14. The SMILES string of the molecule is C=C(/C=C/c1ccccc1)/C(C)=C/Cc1ccccc1. The average molecular weight is 260 g/mol. The van der Waals surface area contributed by atoms with Crippen molar-refractivity contribution < 1.29 is 0 Å². The molecule has 0 unspecified atom stereocenters. The van der Waals surface area contributed by atoms with Gasteiger partial charge in [0.25, 0.3) is 0 Å². The van der Waals surface area contributed by atoms with Crippen molar-refractivity contribution in [2.45, 2.75) is 13.3 Å². The Labute approximate surface area is 121 Å². The van der Waals surface area contributed by atoms with Crippen LogP contribution in [0.1, 0.15) is 18.1 Å². The third-order valence-corrected chi connectivity index (χ3v) is 3.27. The monoisotopic (exact) mass is 260 g/mol. The summed E-state index contributed by atoms with van der Waals surface area (Å²) in [5, 5.41) is 0. The highest BCUT2D eigenvalue weighted by molar-refractivity contribution is 5.55. The number of hydrogen-bond donors (Lipinski definition) is 0. The molecule has 0 heteroatoms. The minimum absolute atomic E-state index is 0.949. The Hall–Kier alpha value is -2.34. The van der Waals surface area contributed by atoms with E-state index in [-0.39, 0.29) is 0 Å². The number of rotatable bonds is 5. The fraction of sp³-hybridized carbons (Fsp3) is 0.100. The molecule has 0 saturated heterocycles. The summed E-state index contributed by atoms with van der Waals surface area (Å²) >= 11 is 0. The second-order valence-electron chi connectivity index (χ2n) is 4.85. The maximum Gasteiger partial charge on any atom is -0.00915 e. The lowest BCUT2D eigenvalue weighted by Gasteiger charge is -2.02. The zero-order valence-electron chi connectivity index (χ0n) is 11.9. The second-order valence-corrected chi connectivity index (χ2v) is 4.85. The van der Waals surface area contributed by atoms with Crippen molar-refractivity contribution in [2.75, 3.05) is 0 Å². The number of benzene rings is 2. The van der Waals surface area contributed by atoms with Crippen LogP contribution in [0.3, 0.4) is 0 Å². The van der Waals surface area contributed by atoms with Crippen LogP contribution in [0.15, 0.2) is 90.5 Å². The molecule has 2 aromatic rings. The standard InChI is InChI=1S/C20H20/c1-17(13-15-19-9-5-3-6-10-19)18(2)14-16-20-11-7-4-8-12-20/h3-15H,1,16H2,2H3/b15-13+,18-14+. The van der Waals surface area contributed by atoms with Gasteiger partial charge in [-0.3, -0.25) is 0 Å². The number of allylic oxidation sites excluding steroid dienone is 4. The van der Waals surface area contributed by atoms with Crippen LogP contribution in [-0.2, 0) is 6.42 Å². The summed E-state index contributed by atoms with van der Waals surface area (Å²) in [4.78, 5) is 0. The van der Waals surface area contributed by atoms with Gasteiger partial charge in [0.05, 0.1) is 0 Å². The minimum Gasteiger partial charge on any atom is -0.0915 e. The van der Waals surface area contributed by atoms with Gasteiger partial charge in [-0.25, -0.2) is 0 Å². The van der Waals surface area contributed by atoms with Gasteiger partial charge in [0.2, 0.25) is 0 Å². The van der Waals surface area contributed by atoms with Crippen molar-refractivity contribution >= 4 is 6.08 Å². The zero-order valence-corrected chi connectivity index (χ0v) is 11.9. The molecule has 0 amide bonds. The van der Waals surface area contributed by atoms with Crippen LogP contribution < -0.4 is 0 Å². The van der Waals surface area contributed by atoms with Crippen molar-refractivity contribution in [3.8, 4) is 0 Å². The predicted octanol–water partition coefficient (Wildman–Crippen LogP) is 5.45. The quantitative estimate of drug-likeness (QED) is 0.627.